The highest BCUT2D eigenvalue weighted by Crippen LogP contribution is 2.29. The predicted octanol–water partition coefficient (Wildman–Crippen LogP) is 3.32. The van der Waals surface area contributed by atoms with E-state index in [1.54, 1.807) is 17.0 Å². The Morgan fingerprint density at radius 1 is 0.966 bits per heavy atom. The van der Waals surface area contributed by atoms with Crippen LogP contribution in [0.1, 0.15) is 6.42 Å². The topological polar surface area (TPSA) is 43.9 Å². The van der Waals surface area contributed by atoms with Crippen molar-refractivity contribution in [2.45, 2.75) is 6.42 Å². The molecule has 2 aromatic rings. The SMILES string of the molecule is O=C(C1CC(=O)N(c2ccc(F)c(Cl)c2)C1)N1CCN(c2ccc(F)cc2)CC1. The molecule has 2 aliphatic rings. The summed E-state index contributed by atoms with van der Waals surface area (Å²) in [5, 5.41) is -0.0537. The van der Waals surface area contributed by atoms with Crippen LogP contribution in [0.5, 0.6) is 0 Å². The fraction of sp³-hybridized carbons (Fsp3) is 0.333. The minimum absolute atomic E-state index is 0.0483. The smallest absolute Gasteiger partial charge is 0.228 e. The van der Waals surface area contributed by atoms with Gasteiger partial charge >= 0.3 is 0 Å². The molecule has 2 saturated heterocycles. The summed E-state index contributed by atoms with van der Waals surface area (Å²) < 4.78 is 26.5. The van der Waals surface area contributed by atoms with Crippen molar-refractivity contribution in [1.29, 1.82) is 0 Å². The van der Waals surface area contributed by atoms with Crippen LogP contribution >= 0.6 is 11.6 Å². The molecule has 1 unspecified atom stereocenters. The van der Waals surface area contributed by atoms with Crippen LogP contribution in [0.3, 0.4) is 0 Å². The zero-order chi connectivity index (χ0) is 20.5. The molecular formula is C21H20ClF2N3O2. The van der Waals surface area contributed by atoms with Crippen molar-refractivity contribution in [2.24, 2.45) is 5.92 Å². The van der Waals surface area contributed by atoms with Crippen molar-refractivity contribution in [1.82, 2.24) is 4.90 Å². The van der Waals surface area contributed by atoms with E-state index in [9.17, 15) is 18.4 Å². The van der Waals surface area contributed by atoms with Gasteiger partial charge in [-0.3, -0.25) is 9.59 Å². The molecule has 0 aliphatic carbocycles. The second-order valence-electron chi connectivity index (χ2n) is 7.29. The number of nitrogens with zero attached hydrogens (tertiary/aromatic N) is 3. The van der Waals surface area contributed by atoms with Gasteiger partial charge in [0.15, 0.2) is 0 Å². The molecule has 0 bridgehead atoms. The van der Waals surface area contributed by atoms with Gasteiger partial charge in [0.05, 0.1) is 10.9 Å². The normalized spacial score (nSPS) is 19.8. The molecule has 2 amide bonds. The largest absolute Gasteiger partial charge is 0.368 e. The third-order valence-electron chi connectivity index (χ3n) is 5.47. The van der Waals surface area contributed by atoms with Crippen molar-refractivity contribution < 1.29 is 18.4 Å². The summed E-state index contributed by atoms with van der Waals surface area (Å²) in [4.78, 5) is 30.7. The molecule has 29 heavy (non-hydrogen) atoms. The highest BCUT2D eigenvalue weighted by molar-refractivity contribution is 6.31. The Labute approximate surface area is 172 Å². The molecule has 0 N–H and O–H groups in total. The number of halogens is 3. The maximum atomic E-state index is 13.4. The highest BCUT2D eigenvalue weighted by Gasteiger charge is 2.38. The Kier molecular flexibility index (Phi) is 5.41. The summed E-state index contributed by atoms with van der Waals surface area (Å²) >= 11 is 5.82. The minimum Gasteiger partial charge on any atom is -0.368 e. The van der Waals surface area contributed by atoms with Crippen molar-refractivity contribution >= 4 is 34.8 Å². The summed E-state index contributed by atoms with van der Waals surface area (Å²) in [5.41, 5.74) is 1.42. The maximum Gasteiger partial charge on any atom is 0.228 e. The second kappa shape index (κ2) is 7.99. The first-order valence-corrected chi connectivity index (χ1v) is 9.85. The first kappa shape index (κ1) is 19.6. The molecule has 2 fully saturated rings. The Hall–Kier alpha value is -2.67. The molecule has 152 valence electrons. The number of carbonyl (C=O) groups excluding carboxylic acids is 2. The Balaban J connectivity index is 1.37. The summed E-state index contributed by atoms with van der Waals surface area (Å²) in [6, 6.07) is 10.4. The third kappa shape index (κ3) is 4.05. The molecule has 1 atom stereocenters. The Morgan fingerprint density at radius 2 is 1.62 bits per heavy atom. The first-order chi connectivity index (χ1) is 13.9. The van der Waals surface area contributed by atoms with Crippen LogP contribution in [0, 0.1) is 17.6 Å². The highest BCUT2D eigenvalue weighted by atomic mass is 35.5. The number of hydrogen-bond donors (Lipinski definition) is 0. The van der Waals surface area contributed by atoms with E-state index in [4.69, 9.17) is 11.6 Å². The Bertz CT molecular complexity index is 930. The fourth-order valence-electron chi connectivity index (χ4n) is 3.87. The lowest BCUT2D eigenvalue weighted by atomic mass is 10.1. The van der Waals surface area contributed by atoms with Gasteiger partial charge in [-0.1, -0.05) is 11.6 Å². The maximum absolute atomic E-state index is 13.4. The van der Waals surface area contributed by atoms with Crippen LogP contribution in [0.25, 0.3) is 0 Å². The molecular weight excluding hydrogens is 400 g/mol. The zero-order valence-corrected chi connectivity index (χ0v) is 16.4. The van der Waals surface area contributed by atoms with Gasteiger partial charge in [-0.15, -0.1) is 0 Å². The average Bonchev–Trinajstić information content (AvgIpc) is 3.12. The molecule has 2 aromatic carbocycles. The fourth-order valence-corrected chi connectivity index (χ4v) is 4.05. The summed E-state index contributed by atoms with van der Waals surface area (Å²) in [7, 11) is 0. The number of amides is 2. The molecule has 0 spiro atoms. The van der Waals surface area contributed by atoms with Crippen LogP contribution in [0.4, 0.5) is 20.2 Å². The van der Waals surface area contributed by atoms with E-state index in [1.807, 2.05) is 0 Å². The van der Waals surface area contributed by atoms with Crippen molar-refractivity contribution in [3.05, 3.63) is 59.1 Å². The van der Waals surface area contributed by atoms with E-state index in [0.717, 1.165) is 5.69 Å². The number of anilines is 2. The molecule has 8 heteroatoms. The van der Waals surface area contributed by atoms with Crippen LogP contribution < -0.4 is 9.80 Å². The van der Waals surface area contributed by atoms with E-state index in [0.29, 0.717) is 31.9 Å². The number of carbonyl (C=O) groups is 2. The molecule has 0 radical (unpaired) electrons. The average molecular weight is 420 g/mol. The van der Waals surface area contributed by atoms with E-state index in [2.05, 4.69) is 4.90 Å². The lowest BCUT2D eigenvalue weighted by Gasteiger charge is -2.37. The van der Waals surface area contributed by atoms with Gasteiger partial charge in [0.25, 0.3) is 0 Å². The lowest BCUT2D eigenvalue weighted by molar-refractivity contribution is -0.136. The predicted molar refractivity (Wildman–Crippen MR) is 107 cm³/mol. The van der Waals surface area contributed by atoms with Gasteiger partial charge in [-0.05, 0) is 42.5 Å². The summed E-state index contributed by atoms with van der Waals surface area (Å²) in [6.45, 7) is 2.65. The second-order valence-corrected chi connectivity index (χ2v) is 7.70. The standard InChI is InChI=1S/C21H20ClF2N3O2/c22-18-12-17(5-6-19(18)24)27-13-14(11-20(27)28)21(29)26-9-7-25(8-10-26)16-3-1-15(23)2-4-16/h1-6,12,14H,7-11,13H2. The number of rotatable bonds is 3. The van der Waals surface area contributed by atoms with Crippen LogP contribution in [0.2, 0.25) is 5.02 Å². The molecule has 2 aliphatic heterocycles. The molecule has 0 aromatic heterocycles. The molecule has 4 rings (SSSR count). The van der Waals surface area contributed by atoms with Crippen LogP contribution in [-0.4, -0.2) is 49.4 Å². The number of benzene rings is 2. The van der Waals surface area contributed by atoms with Gasteiger partial charge < -0.3 is 14.7 Å². The minimum atomic E-state index is -0.547. The van der Waals surface area contributed by atoms with E-state index in [1.165, 1.54) is 35.2 Å². The summed E-state index contributed by atoms with van der Waals surface area (Å²) in [6.07, 6.45) is 0.131. The Morgan fingerprint density at radius 3 is 2.28 bits per heavy atom. The van der Waals surface area contributed by atoms with Gasteiger partial charge in [-0.25, -0.2) is 8.78 Å². The van der Waals surface area contributed by atoms with Crippen molar-refractivity contribution in [3.8, 4) is 0 Å². The van der Waals surface area contributed by atoms with Crippen LogP contribution in [-0.2, 0) is 9.59 Å². The quantitative estimate of drug-likeness (QED) is 0.766. The van der Waals surface area contributed by atoms with Gasteiger partial charge in [0, 0.05) is 50.5 Å². The van der Waals surface area contributed by atoms with Crippen LogP contribution in [0.15, 0.2) is 42.5 Å². The van der Waals surface area contributed by atoms with Crippen molar-refractivity contribution in [3.63, 3.8) is 0 Å². The number of piperazine rings is 1. The third-order valence-corrected chi connectivity index (χ3v) is 5.76. The number of hydrogen-bond acceptors (Lipinski definition) is 3. The van der Waals surface area contributed by atoms with Gasteiger partial charge in [-0.2, -0.15) is 0 Å². The lowest BCUT2D eigenvalue weighted by Crippen LogP contribution is -2.50. The van der Waals surface area contributed by atoms with E-state index < -0.39 is 11.7 Å². The van der Waals surface area contributed by atoms with Gasteiger partial charge in [0.1, 0.15) is 11.6 Å². The zero-order valence-electron chi connectivity index (χ0n) is 15.7. The van der Waals surface area contributed by atoms with Gasteiger partial charge in [0.2, 0.25) is 11.8 Å². The molecule has 5 nitrogen and oxygen atoms in total. The molecule has 0 saturated carbocycles. The van der Waals surface area contributed by atoms with Crippen molar-refractivity contribution in [2.75, 3.05) is 42.5 Å². The first-order valence-electron chi connectivity index (χ1n) is 9.47. The molecule has 2 heterocycles. The monoisotopic (exact) mass is 419 g/mol. The summed E-state index contributed by atoms with van der Waals surface area (Å²) in [5.74, 6) is -1.47. The van der Waals surface area contributed by atoms with E-state index in [-0.39, 0.29) is 35.6 Å². The van der Waals surface area contributed by atoms with E-state index >= 15 is 0 Å².